The van der Waals surface area contributed by atoms with Crippen LogP contribution in [0.25, 0.3) is 0 Å². The van der Waals surface area contributed by atoms with Crippen molar-refractivity contribution in [2.75, 3.05) is 30.4 Å². The number of hydrogen-bond donors (Lipinski definition) is 2. The Hall–Kier alpha value is -2.43. The van der Waals surface area contributed by atoms with E-state index in [4.69, 9.17) is 9.47 Å². The standard InChI is InChI=1S/C15H17N3O2/c1-2-16-15-10-12(5-6-17-15)18-11-3-4-13-14(9-11)20-8-7-19-13/h3-6,9-10H,2,7-8H2,1H3,(H2,16,17,18). The van der Waals surface area contributed by atoms with Crippen LogP contribution in [-0.4, -0.2) is 24.7 Å². The Balaban J connectivity index is 1.78. The summed E-state index contributed by atoms with van der Waals surface area (Å²) in [5, 5.41) is 6.53. The summed E-state index contributed by atoms with van der Waals surface area (Å²) in [4.78, 5) is 4.25. The smallest absolute Gasteiger partial charge is 0.163 e. The third-order valence-electron chi connectivity index (χ3n) is 2.95. The Bertz CT molecular complexity index is 601. The van der Waals surface area contributed by atoms with Crippen LogP contribution >= 0.6 is 0 Å². The minimum atomic E-state index is 0.594. The van der Waals surface area contributed by atoms with Crippen LogP contribution < -0.4 is 20.1 Å². The van der Waals surface area contributed by atoms with Crippen LogP contribution in [0.2, 0.25) is 0 Å². The van der Waals surface area contributed by atoms with Crippen molar-refractivity contribution in [3.05, 3.63) is 36.5 Å². The molecule has 1 aliphatic rings. The maximum absolute atomic E-state index is 5.57. The van der Waals surface area contributed by atoms with E-state index in [1.165, 1.54) is 0 Å². The van der Waals surface area contributed by atoms with Gasteiger partial charge in [0, 0.05) is 36.2 Å². The predicted molar refractivity (Wildman–Crippen MR) is 79.1 cm³/mol. The van der Waals surface area contributed by atoms with Gasteiger partial charge in [0.25, 0.3) is 0 Å². The first-order valence-electron chi connectivity index (χ1n) is 6.72. The molecule has 0 saturated carbocycles. The molecule has 2 heterocycles. The highest BCUT2D eigenvalue weighted by molar-refractivity contribution is 5.65. The van der Waals surface area contributed by atoms with Gasteiger partial charge in [-0.3, -0.25) is 0 Å². The Labute approximate surface area is 117 Å². The second kappa shape index (κ2) is 5.69. The number of fused-ring (bicyclic) bond motifs is 1. The second-order valence-electron chi connectivity index (χ2n) is 4.44. The molecule has 5 heteroatoms. The van der Waals surface area contributed by atoms with Gasteiger partial charge in [0.05, 0.1) is 0 Å². The molecule has 1 aromatic carbocycles. The van der Waals surface area contributed by atoms with Crippen LogP contribution in [0.1, 0.15) is 6.92 Å². The van der Waals surface area contributed by atoms with Crippen LogP contribution in [0.3, 0.4) is 0 Å². The molecule has 1 aromatic heterocycles. The number of pyridine rings is 1. The average molecular weight is 271 g/mol. The number of hydrogen-bond acceptors (Lipinski definition) is 5. The summed E-state index contributed by atoms with van der Waals surface area (Å²) in [5.41, 5.74) is 1.94. The Morgan fingerprint density at radius 2 is 1.85 bits per heavy atom. The lowest BCUT2D eigenvalue weighted by molar-refractivity contribution is 0.171. The maximum atomic E-state index is 5.57. The predicted octanol–water partition coefficient (Wildman–Crippen LogP) is 3.03. The molecule has 0 radical (unpaired) electrons. The molecule has 5 nitrogen and oxygen atoms in total. The zero-order chi connectivity index (χ0) is 13.8. The van der Waals surface area contributed by atoms with Gasteiger partial charge in [0.1, 0.15) is 19.0 Å². The number of anilines is 3. The summed E-state index contributed by atoms with van der Waals surface area (Å²) >= 11 is 0. The molecule has 2 N–H and O–H groups in total. The van der Waals surface area contributed by atoms with E-state index < -0.39 is 0 Å². The summed E-state index contributed by atoms with van der Waals surface area (Å²) < 4.78 is 11.1. The van der Waals surface area contributed by atoms with E-state index in [0.717, 1.165) is 35.2 Å². The van der Waals surface area contributed by atoms with Gasteiger partial charge in [-0.15, -0.1) is 0 Å². The molecule has 0 amide bonds. The molecule has 20 heavy (non-hydrogen) atoms. The molecule has 0 unspecified atom stereocenters. The molecular formula is C15H17N3O2. The quantitative estimate of drug-likeness (QED) is 0.895. The summed E-state index contributed by atoms with van der Waals surface area (Å²) in [6, 6.07) is 9.74. The minimum Gasteiger partial charge on any atom is -0.486 e. The average Bonchev–Trinajstić information content (AvgIpc) is 2.48. The number of benzene rings is 1. The summed E-state index contributed by atoms with van der Waals surface area (Å²) in [6.07, 6.45) is 1.78. The Kier molecular flexibility index (Phi) is 3.58. The highest BCUT2D eigenvalue weighted by Gasteiger charge is 2.11. The van der Waals surface area contributed by atoms with Crippen molar-refractivity contribution in [2.24, 2.45) is 0 Å². The lowest BCUT2D eigenvalue weighted by Crippen LogP contribution is -2.15. The van der Waals surface area contributed by atoms with Crippen LogP contribution in [0, 0.1) is 0 Å². The lowest BCUT2D eigenvalue weighted by Gasteiger charge is -2.19. The van der Waals surface area contributed by atoms with Gasteiger partial charge in [-0.2, -0.15) is 0 Å². The first-order valence-corrected chi connectivity index (χ1v) is 6.72. The molecule has 3 rings (SSSR count). The van der Waals surface area contributed by atoms with Crippen molar-refractivity contribution in [1.82, 2.24) is 4.98 Å². The normalized spacial score (nSPS) is 12.8. The van der Waals surface area contributed by atoms with Crippen molar-refractivity contribution in [2.45, 2.75) is 6.92 Å². The molecule has 0 bridgehead atoms. The van der Waals surface area contributed by atoms with Gasteiger partial charge >= 0.3 is 0 Å². The van der Waals surface area contributed by atoms with E-state index in [2.05, 4.69) is 15.6 Å². The fraction of sp³-hybridized carbons (Fsp3) is 0.267. The first-order chi connectivity index (χ1) is 9.85. The third kappa shape index (κ3) is 2.77. The first kappa shape index (κ1) is 12.6. The molecule has 0 aliphatic carbocycles. The van der Waals surface area contributed by atoms with E-state index >= 15 is 0 Å². The van der Waals surface area contributed by atoms with Gasteiger partial charge < -0.3 is 20.1 Å². The Morgan fingerprint density at radius 3 is 2.70 bits per heavy atom. The lowest BCUT2D eigenvalue weighted by atomic mass is 10.2. The topological polar surface area (TPSA) is 55.4 Å². The van der Waals surface area contributed by atoms with Crippen LogP contribution in [-0.2, 0) is 0 Å². The maximum Gasteiger partial charge on any atom is 0.163 e. The van der Waals surface area contributed by atoms with Crippen molar-refractivity contribution < 1.29 is 9.47 Å². The zero-order valence-corrected chi connectivity index (χ0v) is 11.3. The van der Waals surface area contributed by atoms with Gasteiger partial charge in [-0.25, -0.2) is 4.98 Å². The van der Waals surface area contributed by atoms with E-state index in [0.29, 0.717) is 13.2 Å². The minimum absolute atomic E-state index is 0.594. The molecule has 0 spiro atoms. The van der Waals surface area contributed by atoms with Crippen molar-refractivity contribution in [3.8, 4) is 11.5 Å². The third-order valence-corrected chi connectivity index (χ3v) is 2.95. The number of ether oxygens (including phenoxy) is 2. The molecular weight excluding hydrogens is 254 g/mol. The highest BCUT2D eigenvalue weighted by Crippen LogP contribution is 2.33. The largest absolute Gasteiger partial charge is 0.486 e. The molecule has 1 aliphatic heterocycles. The van der Waals surface area contributed by atoms with Crippen molar-refractivity contribution in [1.29, 1.82) is 0 Å². The fourth-order valence-electron chi connectivity index (χ4n) is 2.07. The van der Waals surface area contributed by atoms with Gasteiger partial charge in [-0.1, -0.05) is 0 Å². The molecule has 0 saturated heterocycles. The van der Waals surface area contributed by atoms with E-state index in [9.17, 15) is 0 Å². The SMILES string of the molecule is CCNc1cc(Nc2ccc3c(c2)OCCO3)ccn1. The fourth-order valence-corrected chi connectivity index (χ4v) is 2.07. The summed E-state index contributed by atoms with van der Waals surface area (Å²) in [6.45, 7) is 4.09. The highest BCUT2D eigenvalue weighted by atomic mass is 16.6. The molecule has 104 valence electrons. The van der Waals surface area contributed by atoms with E-state index in [1.54, 1.807) is 6.20 Å². The summed E-state index contributed by atoms with van der Waals surface area (Å²) in [7, 11) is 0. The molecule has 0 atom stereocenters. The monoisotopic (exact) mass is 271 g/mol. The Morgan fingerprint density at radius 1 is 1.05 bits per heavy atom. The van der Waals surface area contributed by atoms with E-state index in [-0.39, 0.29) is 0 Å². The zero-order valence-electron chi connectivity index (χ0n) is 11.3. The molecule has 2 aromatic rings. The van der Waals surface area contributed by atoms with Gasteiger partial charge in [0.15, 0.2) is 11.5 Å². The van der Waals surface area contributed by atoms with Crippen LogP contribution in [0.4, 0.5) is 17.2 Å². The van der Waals surface area contributed by atoms with E-state index in [1.807, 2.05) is 37.3 Å². The second-order valence-corrected chi connectivity index (χ2v) is 4.44. The van der Waals surface area contributed by atoms with Crippen LogP contribution in [0.5, 0.6) is 11.5 Å². The van der Waals surface area contributed by atoms with Crippen molar-refractivity contribution in [3.63, 3.8) is 0 Å². The van der Waals surface area contributed by atoms with Crippen molar-refractivity contribution >= 4 is 17.2 Å². The number of nitrogens with one attached hydrogen (secondary N) is 2. The number of rotatable bonds is 4. The van der Waals surface area contributed by atoms with Gasteiger partial charge in [-0.05, 0) is 25.1 Å². The number of aromatic nitrogens is 1. The number of nitrogens with zero attached hydrogens (tertiary/aromatic N) is 1. The molecule has 0 fully saturated rings. The van der Waals surface area contributed by atoms with Crippen LogP contribution in [0.15, 0.2) is 36.5 Å². The summed E-state index contributed by atoms with van der Waals surface area (Å²) in [5.74, 6) is 2.43. The van der Waals surface area contributed by atoms with Gasteiger partial charge in [0.2, 0.25) is 0 Å².